The molecule has 0 heterocycles. The molecular weight excluding hydrogens is 341 g/mol. The van der Waals surface area contributed by atoms with Crippen LogP contribution in [-0.2, 0) is 9.59 Å². The Labute approximate surface area is 145 Å². The van der Waals surface area contributed by atoms with Crippen molar-refractivity contribution in [3.05, 3.63) is 28.2 Å². The highest BCUT2D eigenvalue weighted by atomic mass is 35.5. The van der Waals surface area contributed by atoms with Gasteiger partial charge in [0.25, 0.3) is 0 Å². The Morgan fingerprint density at radius 1 is 1.30 bits per heavy atom. The second-order valence-corrected chi connectivity index (χ2v) is 6.22. The summed E-state index contributed by atoms with van der Waals surface area (Å²) in [5.74, 6) is -1.51. The first-order valence-corrected chi connectivity index (χ1v) is 7.91. The molecule has 0 saturated heterocycles. The number of carbonyl (C=O) groups is 2. The molecule has 0 aliphatic carbocycles. The lowest BCUT2D eigenvalue weighted by molar-refractivity contribution is -0.141. The minimum absolute atomic E-state index is 0.194. The zero-order valence-electron chi connectivity index (χ0n) is 13.1. The van der Waals surface area contributed by atoms with E-state index < -0.39 is 17.9 Å². The van der Waals surface area contributed by atoms with Crippen LogP contribution in [0.25, 0.3) is 0 Å². The number of hydrogen-bond acceptors (Lipinski definition) is 4. The Morgan fingerprint density at radius 3 is 2.61 bits per heavy atom. The summed E-state index contributed by atoms with van der Waals surface area (Å²) in [6.07, 6.45) is 0.596. The molecule has 0 saturated carbocycles. The molecule has 1 atom stereocenters. The van der Waals surface area contributed by atoms with Crippen LogP contribution in [0.15, 0.2) is 18.2 Å². The number of carboxylic acid groups (broad SMARTS) is 1. The molecule has 0 fully saturated rings. The first-order valence-electron chi connectivity index (χ1n) is 7.15. The van der Waals surface area contributed by atoms with Gasteiger partial charge < -0.3 is 20.6 Å². The van der Waals surface area contributed by atoms with Crippen LogP contribution in [0.3, 0.4) is 0 Å². The van der Waals surface area contributed by atoms with Gasteiger partial charge in [0, 0.05) is 5.02 Å². The van der Waals surface area contributed by atoms with Crippen molar-refractivity contribution in [1.29, 1.82) is 0 Å². The molecule has 23 heavy (non-hydrogen) atoms. The van der Waals surface area contributed by atoms with Gasteiger partial charge in [-0.15, -0.1) is 0 Å². The molecule has 0 aliphatic heterocycles. The van der Waals surface area contributed by atoms with E-state index in [-0.39, 0.29) is 6.42 Å². The van der Waals surface area contributed by atoms with Crippen LogP contribution in [0.1, 0.15) is 12.8 Å². The summed E-state index contributed by atoms with van der Waals surface area (Å²) < 4.78 is 0. The molecule has 128 valence electrons. The molecule has 6 nitrogen and oxygen atoms in total. The van der Waals surface area contributed by atoms with Crippen molar-refractivity contribution in [3.63, 3.8) is 0 Å². The summed E-state index contributed by atoms with van der Waals surface area (Å²) in [6, 6.07) is 3.73. The van der Waals surface area contributed by atoms with E-state index in [2.05, 4.69) is 10.6 Å². The maximum atomic E-state index is 12.0. The lowest BCUT2D eigenvalue weighted by atomic mass is 10.2. The van der Waals surface area contributed by atoms with Crippen molar-refractivity contribution in [1.82, 2.24) is 10.2 Å². The lowest BCUT2D eigenvalue weighted by Crippen LogP contribution is -2.40. The van der Waals surface area contributed by atoms with E-state index in [1.807, 2.05) is 19.0 Å². The third-order valence-corrected chi connectivity index (χ3v) is 3.63. The molecule has 0 bridgehead atoms. The number of benzene rings is 1. The highest BCUT2D eigenvalue weighted by molar-refractivity contribution is 6.35. The van der Waals surface area contributed by atoms with E-state index in [1.54, 1.807) is 12.1 Å². The van der Waals surface area contributed by atoms with Crippen molar-refractivity contribution in [2.24, 2.45) is 0 Å². The standard InChI is InChI=1S/C15H21Cl2N3O3/c1-20(2)7-3-6-18-13(15(22)23)9-14(21)19-12-8-10(16)4-5-11(12)17/h4-5,8,13,18H,3,6-7,9H2,1-2H3,(H,19,21)(H,22,23). The van der Waals surface area contributed by atoms with Gasteiger partial charge in [0.15, 0.2) is 0 Å². The number of halogens is 2. The Kier molecular flexibility index (Phi) is 8.33. The zero-order chi connectivity index (χ0) is 17.4. The van der Waals surface area contributed by atoms with Crippen LogP contribution in [0.4, 0.5) is 5.69 Å². The molecule has 1 amide bonds. The number of rotatable bonds is 9. The van der Waals surface area contributed by atoms with E-state index in [9.17, 15) is 14.7 Å². The normalized spacial score (nSPS) is 12.2. The van der Waals surface area contributed by atoms with Crippen molar-refractivity contribution >= 4 is 40.8 Å². The summed E-state index contributed by atoms with van der Waals surface area (Å²) in [4.78, 5) is 25.2. The van der Waals surface area contributed by atoms with Crippen molar-refractivity contribution in [3.8, 4) is 0 Å². The monoisotopic (exact) mass is 361 g/mol. The van der Waals surface area contributed by atoms with Crippen LogP contribution < -0.4 is 10.6 Å². The molecule has 0 aromatic heterocycles. The largest absolute Gasteiger partial charge is 0.480 e. The van der Waals surface area contributed by atoms with Gasteiger partial charge in [-0.2, -0.15) is 0 Å². The van der Waals surface area contributed by atoms with E-state index in [0.29, 0.717) is 22.3 Å². The fraction of sp³-hybridized carbons (Fsp3) is 0.467. The Morgan fingerprint density at radius 2 is 2.00 bits per heavy atom. The average Bonchev–Trinajstić information content (AvgIpc) is 2.45. The first-order chi connectivity index (χ1) is 10.8. The van der Waals surface area contributed by atoms with Crippen LogP contribution >= 0.6 is 23.2 Å². The second-order valence-electron chi connectivity index (χ2n) is 5.38. The summed E-state index contributed by atoms with van der Waals surface area (Å²) in [5, 5.41) is 15.4. The molecule has 1 rings (SSSR count). The maximum Gasteiger partial charge on any atom is 0.321 e. The fourth-order valence-corrected chi connectivity index (χ4v) is 2.24. The summed E-state index contributed by atoms with van der Waals surface area (Å²) >= 11 is 11.8. The van der Waals surface area contributed by atoms with E-state index >= 15 is 0 Å². The highest BCUT2D eigenvalue weighted by Crippen LogP contribution is 2.25. The van der Waals surface area contributed by atoms with Gasteiger partial charge >= 0.3 is 5.97 Å². The number of amides is 1. The molecule has 0 aliphatic rings. The Bertz CT molecular complexity index is 553. The number of carboxylic acids is 1. The molecule has 1 unspecified atom stereocenters. The number of anilines is 1. The van der Waals surface area contributed by atoms with E-state index in [0.717, 1.165) is 13.0 Å². The number of hydrogen-bond donors (Lipinski definition) is 3. The minimum atomic E-state index is -1.07. The van der Waals surface area contributed by atoms with Crippen molar-refractivity contribution in [2.75, 3.05) is 32.5 Å². The molecule has 1 aromatic carbocycles. The molecule has 3 N–H and O–H groups in total. The first kappa shape index (κ1) is 19.7. The SMILES string of the molecule is CN(C)CCCNC(CC(=O)Nc1cc(Cl)ccc1Cl)C(=O)O. The van der Waals surface area contributed by atoms with Gasteiger partial charge in [-0.05, 0) is 51.8 Å². The zero-order valence-corrected chi connectivity index (χ0v) is 14.6. The quantitative estimate of drug-likeness (QED) is 0.588. The van der Waals surface area contributed by atoms with Gasteiger partial charge in [0.1, 0.15) is 6.04 Å². The van der Waals surface area contributed by atoms with Crippen LogP contribution in [-0.4, -0.2) is 55.1 Å². The number of nitrogens with one attached hydrogen (secondary N) is 2. The third kappa shape index (κ3) is 7.65. The van der Waals surface area contributed by atoms with Crippen molar-refractivity contribution in [2.45, 2.75) is 18.9 Å². The Hall–Kier alpha value is -1.34. The van der Waals surface area contributed by atoms with Crippen LogP contribution in [0.2, 0.25) is 10.0 Å². The third-order valence-electron chi connectivity index (χ3n) is 3.06. The van der Waals surface area contributed by atoms with Gasteiger partial charge in [-0.3, -0.25) is 9.59 Å². The predicted octanol–water partition coefficient (Wildman–Crippen LogP) is 2.32. The topological polar surface area (TPSA) is 81.7 Å². The lowest BCUT2D eigenvalue weighted by Gasteiger charge is -2.16. The smallest absolute Gasteiger partial charge is 0.321 e. The minimum Gasteiger partial charge on any atom is -0.480 e. The van der Waals surface area contributed by atoms with Crippen LogP contribution in [0.5, 0.6) is 0 Å². The molecular formula is C15H21Cl2N3O3. The van der Waals surface area contributed by atoms with Gasteiger partial charge in [0.2, 0.25) is 5.91 Å². The number of carbonyl (C=O) groups excluding carboxylic acids is 1. The molecule has 8 heteroatoms. The molecule has 0 radical (unpaired) electrons. The Balaban J connectivity index is 2.53. The summed E-state index contributed by atoms with van der Waals surface area (Å²) in [5.41, 5.74) is 0.362. The van der Waals surface area contributed by atoms with Gasteiger partial charge in [0.05, 0.1) is 17.1 Å². The summed E-state index contributed by atoms with van der Waals surface area (Å²) in [7, 11) is 3.88. The number of nitrogens with zero attached hydrogens (tertiary/aromatic N) is 1. The number of aliphatic carboxylic acids is 1. The fourth-order valence-electron chi connectivity index (χ4n) is 1.90. The van der Waals surface area contributed by atoms with Gasteiger partial charge in [-0.1, -0.05) is 23.2 Å². The van der Waals surface area contributed by atoms with Crippen LogP contribution in [0, 0.1) is 0 Å². The summed E-state index contributed by atoms with van der Waals surface area (Å²) in [6.45, 7) is 1.35. The van der Waals surface area contributed by atoms with Gasteiger partial charge in [-0.25, -0.2) is 0 Å². The van der Waals surface area contributed by atoms with E-state index in [1.165, 1.54) is 6.07 Å². The average molecular weight is 362 g/mol. The second kappa shape index (κ2) is 9.72. The molecule has 0 spiro atoms. The van der Waals surface area contributed by atoms with Crippen molar-refractivity contribution < 1.29 is 14.7 Å². The highest BCUT2D eigenvalue weighted by Gasteiger charge is 2.21. The predicted molar refractivity (Wildman–Crippen MR) is 92.3 cm³/mol. The maximum absolute atomic E-state index is 12.0. The molecule has 1 aromatic rings. The van der Waals surface area contributed by atoms with E-state index in [4.69, 9.17) is 23.2 Å².